The van der Waals surface area contributed by atoms with E-state index in [1.807, 2.05) is 29.5 Å². The van der Waals surface area contributed by atoms with Crippen molar-refractivity contribution < 1.29 is 14.6 Å². The van der Waals surface area contributed by atoms with Gasteiger partial charge in [-0.15, -0.1) is 11.3 Å². The number of nitrogens with one attached hydrogen (secondary N) is 1. The lowest BCUT2D eigenvalue weighted by Crippen LogP contribution is -2.24. The van der Waals surface area contributed by atoms with Gasteiger partial charge >= 0.3 is 5.97 Å². The molecule has 0 spiro atoms. The Labute approximate surface area is 188 Å². The molecule has 2 N–H and O–H groups in total. The summed E-state index contributed by atoms with van der Waals surface area (Å²) < 4.78 is 6.29. The van der Waals surface area contributed by atoms with Gasteiger partial charge in [-0.2, -0.15) is 0 Å². The molecule has 5 heteroatoms. The molecule has 164 valence electrons. The van der Waals surface area contributed by atoms with Gasteiger partial charge in [-0.3, -0.25) is 4.79 Å². The highest BCUT2D eigenvalue weighted by atomic mass is 32.1. The smallest absolute Gasteiger partial charge is 0.303 e. The molecule has 0 aliphatic heterocycles. The summed E-state index contributed by atoms with van der Waals surface area (Å²) in [6.45, 7) is 2.10. The van der Waals surface area contributed by atoms with Crippen LogP contribution >= 0.6 is 11.3 Å². The first kappa shape index (κ1) is 23.2. The fourth-order valence-electron chi connectivity index (χ4n) is 3.43. The van der Waals surface area contributed by atoms with Gasteiger partial charge in [0.25, 0.3) is 0 Å². The molecular formula is C26H31NO3S. The first-order valence-corrected chi connectivity index (χ1v) is 11.7. The molecular weight excluding hydrogens is 406 g/mol. The van der Waals surface area contributed by atoms with Crippen molar-refractivity contribution in [3.05, 3.63) is 93.7 Å². The first-order valence-electron chi connectivity index (χ1n) is 10.9. The lowest BCUT2D eigenvalue weighted by atomic mass is 10.1. The van der Waals surface area contributed by atoms with Crippen molar-refractivity contribution in [3.8, 4) is 0 Å². The van der Waals surface area contributed by atoms with Crippen LogP contribution in [0.5, 0.6) is 0 Å². The van der Waals surface area contributed by atoms with Crippen molar-refractivity contribution >= 4 is 17.3 Å². The number of carboxylic acid groups (broad SMARTS) is 1. The summed E-state index contributed by atoms with van der Waals surface area (Å²) >= 11 is 1.83. The van der Waals surface area contributed by atoms with E-state index in [1.54, 1.807) is 0 Å². The van der Waals surface area contributed by atoms with E-state index >= 15 is 0 Å². The molecule has 3 aromatic rings. The zero-order valence-electron chi connectivity index (χ0n) is 17.8. The number of aryl methyl sites for hydroxylation is 2. The van der Waals surface area contributed by atoms with Crippen LogP contribution in [0.1, 0.15) is 46.2 Å². The molecule has 31 heavy (non-hydrogen) atoms. The van der Waals surface area contributed by atoms with Gasteiger partial charge in [0.05, 0.1) is 12.7 Å². The number of unbranched alkanes of at least 4 members (excludes halogenated alkanes) is 1. The summed E-state index contributed by atoms with van der Waals surface area (Å²) in [6, 6.07) is 25.2. The maximum Gasteiger partial charge on any atom is 0.303 e. The molecule has 0 saturated heterocycles. The first-order chi connectivity index (χ1) is 15.2. The van der Waals surface area contributed by atoms with Crippen molar-refractivity contribution in [3.63, 3.8) is 0 Å². The average Bonchev–Trinajstić information content (AvgIpc) is 3.25. The van der Waals surface area contributed by atoms with Gasteiger partial charge in [0.2, 0.25) is 0 Å². The minimum absolute atomic E-state index is 0.0319. The van der Waals surface area contributed by atoms with Gasteiger partial charge in [-0.05, 0) is 55.5 Å². The minimum Gasteiger partial charge on any atom is -0.481 e. The number of benzene rings is 2. The summed E-state index contributed by atoms with van der Waals surface area (Å²) in [5, 5.41) is 12.2. The Morgan fingerprint density at radius 2 is 1.61 bits per heavy atom. The highest BCUT2D eigenvalue weighted by molar-refractivity contribution is 7.11. The van der Waals surface area contributed by atoms with Gasteiger partial charge in [0.1, 0.15) is 0 Å². The Balaban J connectivity index is 1.47. The molecule has 1 aromatic heterocycles. The predicted molar refractivity (Wildman–Crippen MR) is 126 cm³/mol. The van der Waals surface area contributed by atoms with E-state index in [1.165, 1.54) is 15.3 Å². The molecule has 0 aliphatic carbocycles. The highest BCUT2D eigenvalue weighted by Gasteiger charge is 2.13. The van der Waals surface area contributed by atoms with Crippen LogP contribution in [0.15, 0.2) is 72.8 Å². The van der Waals surface area contributed by atoms with Gasteiger partial charge in [-0.1, -0.05) is 60.7 Å². The fraction of sp³-hybridized carbons (Fsp3) is 0.346. The molecule has 1 unspecified atom stereocenters. The standard InChI is InChI=1S/C26H31NO3S/c28-26(29)13-7-8-18-27-19-25(22-11-5-2-6-12-22)30-20-24-17-16-23(31-24)15-14-21-9-3-1-4-10-21/h1-6,9-12,16-17,25,27H,7-8,13-15,18-20H2,(H,28,29). The molecule has 0 aliphatic rings. The topological polar surface area (TPSA) is 58.6 Å². The van der Waals surface area contributed by atoms with Gasteiger partial charge in [0.15, 0.2) is 0 Å². The summed E-state index contributed by atoms with van der Waals surface area (Å²) in [5.74, 6) is -0.732. The van der Waals surface area contributed by atoms with Gasteiger partial charge in [0, 0.05) is 22.7 Å². The van der Waals surface area contributed by atoms with Crippen LogP contribution in [-0.4, -0.2) is 24.2 Å². The molecule has 2 aromatic carbocycles. The van der Waals surface area contributed by atoms with E-state index in [9.17, 15) is 4.79 Å². The number of hydrogen-bond acceptors (Lipinski definition) is 4. The number of rotatable bonds is 14. The fourth-order valence-corrected chi connectivity index (χ4v) is 4.37. The lowest BCUT2D eigenvalue weighted by molar-refractivity contribution is -0.137. The molecule has 4 nitrogen and oxygen atoms in total. The third kappa shape index (κ3) is 8.66. The predicted octanol–water partition coefficient (Wildman–Crippen LogP) is 5.64. The third-order valence-electron chi connectivity index (χ3n) is 5.14. The molecule has 0 radical (unpaired) electrons. The summed E-state index contributed by atoms with van der Waals surface area (Å²) in [5.41, 5.74) is 2.52. The molecule has 0 fully saturated rings. The van der Waals surface area contributed by atoms with Crippen LogP contribution in [0.3, 0.4) is 0 Å². The van der Waals surface area contributed by atoms with Crippen LogP contribution in [0.2, 0.25) is 0 Å². The molecule has 1 atom stereocenters. The molecule has 0 amide bonds. The van der Waals surface area contributed by atoms with Crippen LogP contribution in [0.25, 0.3) is 0 Å². The summed E-state index contributed by atoms with van der Waals surface area (Å²) in [4.78, 5) is 13.2. The van der Waals surface area contributed by atoms with Crippen LogP contribution in [-0.2, 0) is 29.0 Å². The number of ether oxygens (including phenoxy) is 1. The van der Waals surface area contributed by atoms with Crippen molar-refractivity contribution in [1.82, 2.24) is 5.32 Å². The minimum atomic E-state index is -0.732. The Hall–Kier alpha value is -2.47. The van der Waals surface area contributed by atoms with Crippen molar-refractivity contribution in [2.75, 3.05) is 13.1 Å². The highest BCUT2D eigenvalue weighted by Crippen LogP contribution is 2.23. The normalized spacial score (nSPS) is 12.0. The largest absolute Gasteiger partial charge is 0.481 e. The maximum atomic E-state index is 10.6. The van der Waals surface area contributed by atoms with Crippen LogP contribution < -0.4 is 5.32 Å². The Morgan fingerprint density at radius 3 is 2.35 bits per heavy atom. The zero-order chi connectivity index (χ0) is 21.7. The lowest BCUT2D eigenvalue weighted by Gasteiger charge is -2.19. The molecule has 1 heterocycles. The molecule has 0 saturated carbocycles. The van der Waals surface area contributed by atoms with E-state index in [0.29, 0.717) is 19.6 Å². The third-order valence-corrected chi connectivity index (χ3v) is 6.26. The van der Waals surface area contributed by atoms with Crippen molar-refractivity contribution in [2.24, 2.45) is 0 Å². The number of thiophene rings is 1. The van der Waals surface area contributed by atoms with E-state index in [-0.39, 0.29) is 12.5 Å². The Kier molecular flexibility index (Phi) is 9.77. The number of carboxylic acids is 1. The van der Waals surface area contributed by atoms with Gasteiger partial charge in [-0.25, -0.2) is 0 Å². The van der Waals surface area contributed by atoms with Crippen molar-refractivity contribution in [1.29, 1.82) is 0 Å². The SMILES string of the molecule is O=C(O)CCCCNCC(OCc1ccc(CCc2ccccc2)s1)c1ccccc1. The van der Waals surface area contributed by atoms with E-state index in [0.717, 1.165) is 31.4 Å². The Morgan fingerprint density at radius 1 is 0.903 bits per heavy atom. The second-order valence-electron chi connectivity index (χ2n) is 7.62. The van der Waals surface area contributed by atoms with Crippen LogP contribution in [0.4, 0.5) is 0 Å². The quantitative estimate of drug-likeness (QED) is 0.321. The van der Waals surface area contributed by atoms with E-state index in [2.05, 4.69) is 59.9 Å². The van der Waals surface area contributed by atoms with Crippen LogP contribution in [0, 0.1) is 0 Å². The summed E-state index contributed by atoms with van der Waals surface area (Å²) in [6.07, 6.45) is 3.85. The second-order valence-corrected chi connectivity index (χ2v) is 8.87. The number of aliphatic carboxylic acids is 1. The van der Waals surface area contributed by atoms with E-state index in [4.69, 9.17) is 9.84 Å². The van der Waals surface area contributed by atoms with Gasteiger partial charge < -0.3 is 15.2 Å². The molecule has 0 bridgehead atoms. The summed E-state index contributed by atoms with van der Waals surface area (Å²) in [7, 11) is 0. The molecule has 3 rings (SSSR count). The zero-order valence-corrected chi connectivity index (χ0v) is 18.7. The Bertz CT molecular complexity index is 895. The number of hydrogen-bond donors (Lipinski definition) is 2. The average molecular weight is 438 g/mol. The monoisotopic (exact) mass is 437 g/mol. The van der Waals surface area contributed by atoms with E-state index < -0.39 is 5.97 Å². The number of carbonyl (C=O) groups is 1. The second kappa shape index (κ2) is 13.1. The maximum absolute atomic E-state index is 10.6. The van der Waals surface area contributed by atoms with Crippen molar-refractivity contribution in [2.45, 2.75) is 44.8 Å².